The van der Waals surface area contributed by atoms with Crippen molar-refractivity contribution in [3.05, 3.63) is 101 Å². The second-order valence-corrected chi connectivity index (χ2v) is 7.37. The van der Waals surface area contributed by atoms with Crippen molar-refractivity contribution >= 4 is 34.8 Å². The highest BCUT2D eigenvalue weighted by atomic mass is 35.5. The van der Waals surface area contributed by atoms with Crippen molar-refractivity contribution in [2.75, 3.05) is 18.0 Å². The number of hydrogen-bond acceptors (Lipinski definition) is 3. The van der Waals surface area contributed by atoms with Gasteiger partial charge in [0.2, 0.25) is 11.8 Å². The van der Waals surface area contributed by atoms with Crippen molar-refractivity contribution in [1.82, 2.24) is 5.32 Å². The zero-order valence-electron chi connectivity index (χ0n) is 16.2. The predicted molar refractivity (Wildman–Crippen MR) is 119 cm³/mol. The first-order valence-electron chi connectivity index (χ1n) is 9.62. The van der Waals surface area contributed by atoms with Crippen LogP contribution in [0.5, 0.6) is 0 Å². The van der Waals surface area contributed by atoms with E-state index in [0.29, 0.717) is 17.3 Å². The van der Waals surface area contributed by atoms with Crippen LogP contribution in [0.25, 0.3) is 0 Å². The molecule has 30 heavy (non-hydrogen) atoms. The van der Waals surface area contributed by atoms with Crippen molar-refractivity contribution < 1.29 is 9.59 Å². The summed E-state index contributed by atoms with van der Waals surface area (Å²) in [6.45, 7) is 0.253. The summed E-state index contributed by atoms with van der Waals surface area (Å²) in [6, 6.07) is 24.6. The second kappa shape index (κ2) is 8.93. The highest BCUT2D eigenvalue weighted by Gasteiger charge is 2.26. The largest absolute Gasteiger partial charge is 0.350 e. The van der Waals surface area contributed by atoms with Crippen LogP contribution in [0.15, 0.2) is 83.9 Å². The van der Waals surface area contributed by atoms with Gasteiger partial charge in [-0.3, -0.25) is 14.6 Å². The van der Waals surface area contributed by atoms with E-state index in [1.807, 2.05) is 66.7 Å². The van der Waals surface area contributed by atoms with Crippen LogP contribution < -0.4 is 10.2 Å². The molecule has 0 unspecified atom stereocenters. The van der Waals surface area contributed by atoms with E-state index in [9.17, 15) is 9.59 Å². The Labute approximate surface area is 180 Å². The first-order valence-corrected chi connectivity index (χ1v) is 10.0. The molecule has 0 fully saturated rings. The van der Waals surface area contributed by atoms with E-state index in [4.69, 9.17) is 11.6 Å². The zero-order chi connectivity index (χ0) is 20.9. The third-order valence-corrected chi connectivity index (χ3v) is 5.09. The van der Waals surface area contributed by atoms with Gasteiger partial charge in [0.1, 0.15) is 13.1 Å². The topological polar surface area (TPSA) is 61.8 Å². The minimum atomic E-state index is -0.249. The molecular weight excluding hydrogens is 398 g/mol. The van der Waals surface area contributed by atoms with Gasteiger partial charge >= 0.3 is 0 Å². The van der Waals surface area contributed by atoms with Gasteiger partial charge < -0.3 is 10.2 Å². The number of carbonyl (C=O) groups is 2. The minimum absolute atomic E-state index is 0.0134. The van der Waals surface area contributed by atoms with Gasteiger partial charge in [-0.05, 0) is 23.8 Å². The Hall–Kier alpha value is -3.44. The first-order chi connectivity index (χ1) is 14.6. The number of benzodiazepines with no additional fused rings is 1. The number of nitrogens with zero attached hydrogens (tertiary/aromatic N) is 2. The maximum atomic E-state index is 12.8. The van der Waals surface area contributed by atoms with Crippen molar-refractivity contribution in [3.63, 3.8) is 0 Å². The molecule has 1 N–H and O–H groups in total. The molecule has 1 aliphatic heterocycles. The van der Waals surface area contributed by atoms with Gasteiger partial charge in [-0.15, -0.1) is 0 Å². The van der Waals surface area contributed by atoms with Crippen molar-refractivity contribution in [1.29, 1.82) is 0 Å². The third kappa shape index (κ3) is 4.42. The summed E-state index contributed by atoms with van der Waals surface area (Å²) in [6.07, 6.45) is 0. The van der Waals surface area contributed by atoms with Crippen molar-refractivity contribution in [3.8, 4) is 0 Å². The molecule has 0 aromatic heterocycles. The quantitative estimate of drug-likeness (QED) is 0.685. The molecule has 0 radical (unpaired) electrons. The third-order valence-electron chi connectivity index (χ3n) is 4.85. The monoisotopic (exact) mass is 417 g/mol. The summed E-state index contributed by atoms with van der Waals surface area (Å²) in [5.41, 5.74) is 4.09. The molecule has 0 bridgehead atoms. The molecule has 1 heterocycles. The highest BCUT2D eigenvalue weighted by molar-refractivity contribution is 6.30. The Bertz CT molecular complexity index is 1110. The van der Waals surface area contributed by atoms with Gasteiger partial charge in [0.05, 0.1) is 11.4 Å². The lowest BCUT2D eigenvalue weighted by molar-refractivity contribution is -0.123. The van der Waals surface area contributed by atoms with Gasteiger partial charge in [-0.1, -0.05) is 72.3 Å². The van der Waals surface area contributed by atoms with Crippen LogP contribution in [0.2, 0.25) is 5.02 Å². The first kappa shape index (κ1) is 19.9. The molecule has 3 aromatic carbocycles. The SMILES string of the molecule is O=C(CN1C(=O)CN=C(c2ccccc2)c2ccccc21)NCc1cccc(Cl)c1. The Morgan fingerprint density at radius 2 is 1.77 bits per heavy atom. The Morgan fingerprint density at radius 1 is 1.00 bits per heavy atom. The van der Waals surface area contributed by atoms with E-state index < -0.39 is 0 Å². The molecule has 0 saturated carbocycles. The van der Waals surface area contributed by atoms with Crippen LogP contribution >= 0.6 is 11.6 Å². The molecule has 5 nitrogen and oxygen atoms in total. The normalized spacial score (nSPS) is 13.3. The van der Waals surface area contributed by atoms with E-state index in [1.54, 1.807) is 12.1 Å². The van der Waals surface area contributed by atoms with E-state index in [1.165, 1.54) is 4.90 Å². The van der Waals surface area contributed by atoms with Crippen LogP contribution in [-0.2, 0) is 16.1 Å². The number of rotatable bonds is 5. The average Bonchev–Trinajstić information content (AvgIpc) is 2.90. The van der Waals surface area contributed by atoms with Crippen LogP contribution in [-0.4, -0.2) is 30.6 Å². The number of nitrogens with one attached hydrogen (secondary N) is 1. The van der Waals surface area contributed by atoms with Gasteiger partial charge in [0.25, 0.3) is 0 Å². The fourth-order valence-corrected chi connectivity index (χ4v) is 3.64. The predicted octanol–water partition coefficient (Wildman–Crippen LogP) is 3.84. The molecule has 0 spiro atoms. The van der Waals surface area contributed by atoms with Gasteiger partial charge in [0.15, 0.2) is 0 Å². The van der Waals surface area contributed by atoms with Crippen LogP contribution in [0.3, 0.4) is 0 Å². The summed E-state index contributed by atoms with van der Waals surface area (Å²) < 4.78 is 0. The number of hydrogen-bond donors (Lipinski definition) is 1. The second-order valence-electron chi connectivity index (χ2n) is 6.93. The van der Waals surface area contributed by atoms with Gasteiger partial charge in [0, 0.05) is 22.7 Å². The summed E-state index contributed by atoms with van der Waals surface area (Å²) >= 11 is 6.00. The van der Waals surface area contributed by atoms with Crippen LogP contribution in [0.1, 0.15) is 16.7 Å². The number of fused-ring (bicyclic) bond motifs is 1. The Morgan fingerprint density at radius 3 is 2.57 bits per heavy atom. The van der Waals surface area contributed by atoms with Gasteiger partial charge in [-0.25, -0.2) is 0 Å². The Balaban J connectivity index is 1.56. The molecule has 3 aromatic rings. The van der Waals surface area contributed by atoms with Crippen LogP contribution in [0, 0.1) is 0 Å². The van der Waals surface area contributed by atoms with Crippen molar-refractivity contribution in [2.45, 2.75) is 6.54 Å². The fraction of sp³-hybridized carbons (Fsp3) is 0.125. The Kier molecular flexibility index (Phi) is 5.91. The molecule has 0 atom stereocenters. The molecule has 0 aliphatic carbocycles. The lowest BCUT2D eigenvalue weighted by Crippen LogP contribution is -2.41. The highest BCUT2D eigenvalue weighted by Crippen LogP contribution is 2.26. The lowest BCUT2D eigenvalue weighted by atomic mass is 10.0. The summed E-state index contributed by atoms with van der Waals surface area (Å²) in [7, 11) is 0. The number of anilines is 1. The summed E-state index contributed by atoms with van der Waals surface area (Å²) in [4.78, 5) is 31.5. The number of halogens is 1. The molecule has 150 valence electrons. The summed E-state index contributed by atoms with van der Waals surface area (Å²) in [5.74, 6) is -0.465. The minimum Gasteiger partial charge on any atom is -0.350 e. The lowest BCUT2D eigenvalue weighted by Gasteiger charge is -2.22. The van der Waals surface area contributed by atoms with Crippen LogP contribution in [0.4, 0.5) is 5.69 Å². The van der Waals surface area contributed by atoms with Gasteiger partial charge in [-0.2, -0.15) is 0 Å². The number of para-hydroxylation sites is 1. The smallest absolute Gasteiger partial charge is 0.249 e. The van der Waals surface area contributed by atoms with E-state index in [-0.39, 0.29) is 24.9 Å². The van der Waals surface area contributed by atoms with E-state index in [0.717, 1.165) is 22.4 Å². The number of amides is 2. The molecule has 1 aliphatic rings. The molecular formula is C24H20ClN3O2. The number of carbonyl (C=O) groups excluding carboxylic acids is 2. The molecule has 2 amide bonds. The maximum Gasteiger partial charge on any atom is 0.249 e. The average molecular weight is 418 g/mol. The summed E-state index contributed by atoms with van der Waals surface area (Å²) in [5, 5.41) is 3.47. The number of aliphatic imine (C=N–C) groups is 1. The number of benzene rings is 3. The van der Waals surface area contributed by atoms with E-state index >= 15 is 0 Å². The molecule has 0 saturated heterocycles. The standard InChI is InChI=1S/C24H20ClN3O2/c25-19-10-6-7-17(13-19)14-26-22(29)16-28-21-12-5-4-11-20(21)24(27-15-23(28)30)18-8-2-1-3-9-18/h1-13H,14-16H2,(H,26,29). The fourth-order valence-electron chi connectivity index (χ4n) is 3.42. The van der Waals surface area contributed by atoms with Crippen molar-refractivity contribution in [2.24, 2.45) is 4.99 Å². The zero-order valence-corrected chi connectivity index (χ0v) is 17.0. The molecule has 4 rings (SSSR count). The molecule has 6 heteroatoms. The van der Waals surface area contributed by atoms with E-state index in [2.05, 4.69) is 10.3 Å². The maximum absolute atomic E-state index is 12.8.